The second-order valence-electron chi connectivity index (χ2n) is 7.54. The Morgan fingerprint density at radius 3 is 2.36 bits per heavy atom. The van der Waals surface area contributed by atoms with Gasteiger partial charge in [-0.05, 0) is 36.8 Å². The first kappa shape index (κ1) is 23.6. The number of hydrogen-bond donors (Lipinski definition) is 0. The molecule has 0 N–H and O–H groups in total. The molecule has 1 atom stereocenters. The van der Waals surface area contributed by atoms with E-state index in [4.69, 9.17) is 9.47 Å². The first-order chi connectivity index (χ1) is 15.7. The molecule has 0 radical (unpaired) electrons. The number of rotatable bonds is 9. The van der Waals surface area contributed by atoms with Gasteiger partial charge >= 0.3 is 0 Å². The number of aldehydes is 1. The van der Waals surface area contributed by atoms with Gasteiger partial charge in [0, 0.05) is 13.5 Å². The zero-order valence-electron chi connectivity index (χ0n) is 18.8. The maximum atomic E-state index is 13.5. The number of benzene rings is 2. The minimum atomic E-state index is -0.890. The number of anilines is 1. The van der Waals surface area contributed by atoms with Crippen molar-refractivity contribution in [2.75, 3.05) is 26.2 Å². The van der Waals surface area contributed by atoms with Crippen LogP contribution in [0.1, 0.15) is 52.1 Å². The fraction of sp³-hybridized carbons (Fsp3) is 0.292. The Kier molecular flexibility index (Phi) is 6.91. The number of ether oxygens (including phenoxy) is 2. The van der Waals surface area contributed by atoms with E-state index < -0.39 is 23.8 Å². The Morgan fingerprint density at radius 1 is 1.06 bits per heavy atom. The largest absolute Gasteiger partial charge is 0.493 e. The Bertz CT molecular complexity index is 1140. The summed E-state index contributed by atoms with van der Waals surface area (Å²) < 4.78 is 10.6. The number of methoxy groups -OCH3 is 2. The lowest BCUT2D eigenvalue weighted by molar-refractivity contribution is -0.122. The lowest BCUT2D eigenvalue weighted by Gasteiger charge is -2.27. The van der Waals surface area contributed by atoms with E-state index in [2.05, 4.69) is 0 Å². The van der Waals surface area contributed by atoms with Gasteiger partial charge < -0.3 is 19.2 Å². The molecule has 3 rings (SSSR count). The van der Waals surface area contributed by atoms with Crippen molar-refractivity contribution >= 4 is 35.5 Å². The van der Waals surface area contributed by atoms with Gasteiger partial charge in [0.25, 0.3) is 11.8 Å². The molecule has 9 heteroatoms. The summed E-state index contributed by atoms with van der Waals surface area (Å²) >= 11 is 0. The van der Waals surface area contributed by atoms with Crippen LogP contribution in [0.25, 0.3) is 0 Å². The Labute approximate surface area is 190 Å². The highest BCUT2D eigenvalue weighted by Crippen LogP contribution is 2.39. The van der Waals surface area contributed by atoms with Crippen LogP contribution in [0.15, 0.2) is 36.4 Å². The molecule has 0 bridgehead atoms. The molecule has 33 heavy (non-hydrogen) atoms. The van der Waals surface area contributed by atoms with Crippen molar-refractivity contribution in [3.05, 3.63) is 53.1 Å². The van der Waals surface area contributed by atoms with Crippen molar-refractivity contribution in [2.24, 2.45) is 0 Å². The first-order valence-corrected chi connectivity index (χ1v) is 10.2. The van der Waals surface area contributed by atoms with Crippen molar-refractivity contribution in [2.45, 2.75) is 25.8 Å². The van der Waals surface area contributed by atoms with Crippen molar-refractivity contribution in [3.8, 4) is 11.5 Å². The number of imide groups is 1. The highest BCUT2D eigenvalue weighted by Gasteiger charge is 2.43. The topological polar surface area (TPSA) is 110 Å². The quantitative estimate of drug-likeness (QED) is 0.327. The molecule has 0 saturated heterocycles. The molecular formula is C24H24N2O7. The van der Waals surface area contributed by atoms with Crippen LogP contribution in [0, 0.1) is 0 Å². The number of carbonyl (C=O) groups excluding carboxylic acids is 5. The smallest absolute Gasteiger partial charge is 0.264 e. The normalized spacial score (nSPS) is 13.4. The molecular weight excluding hydrogens is 428 g/mol. The van der Waals surface area contributed by atoms with Crippen LogP contribution >= 0.6 is 0 Å². The fourth-order valence-corrected chi connectivity index (χ4v) is 3.88. The summed E-state index contributed by atoms with van der Waals surface area (Å²) in [6.45, 7) is 1.38. The van der Waals surface area contributed by atoms with Gasteiger partial charge in [0.05, 0.1) is 43.5 Å². The lowest BCUT2D eigenvalue weighted by atomic mass is 9.99. The summed E-state index contributed by atoms with van der Waals surface area (Å²) in [7, 11) is 4.38. The summed E-state index contributed by atoms with van der Waals surface area (Å²) in [5.74, 6) is -1.09. The van der Waals surface area contributed by atoms with Gasteiger partial charge in [-0.1, -0.05) is 12.1 Å². The Morgan fingerprint density at radius 2 is 1.76 bits per heavy atom. The van der Waals surface area contributed by atoms with Crippen molar-refractivity contribution < 1.29 is 33.4 Å². The number of hydrogen-bond acceptors (Lipinski definition) is 7. The Balaban J connectivity index is 2.10. The first-order valence-electron chi connectivity index (χ1n) is 10.2. The summed E-state index contributed by atoms with van der Waals surface area (Å²) in [6, 6.07) is 8.62. The van der Waals surface area contributed by atoms with Crippen LogP contribution in [-0.4, -0.2) is 56.0 Å². The SMILES string of the molecule is COc1ccc(C(CC(C)=O)N2C(=O)c3cccc(N(C)C(=O)CC=O)c3C2=O)cc1OC. The van der Waals surface area contributed by atoms with Gasteiger partial charge in [-0.2, -0.15) is 0 Å². The van der Waals surface area contributed by atoms with Gasteiger partial charge in [-0.3, -0.25) is 24.1 Å². The maximum Gasteiger partial charge on any atom is 0.264 e. The van der Waals surface area contributed by atoms with Gasteiger partial charge in [0.2, 0.25) is 5.91 Å². The van der Waals surface area contributed by atoms with Gasteiger partial charge in [0.15, 0.2) is 11.5 Å². The van der Waals surface area contributed by atoms with E-state index >= 15 is 0 Å². The number of amides is 3. The molecule has 0 aromatic heterocycles. The number of ketones is 1. The third kappa shape index (κ3) is 4.34. The standard InChI is InChI=1S/C24H24N2O7/c1-14(28)12-18(15-8-9-19(32-3)20(13-15)33-4)26-23(30)16-6-5-7-17(22(16)24(26)31)25(2)21(29)10-11-27/h5-9,11,13,18H,10,12H2,1-4H3. The average Bonchev–Trinajstić information content (AvgIpc) is 3.06. The molecule has 1 heterocycles. The molecule has 2 aromatic rings. The molecule has 1 aliphatic heterocycles. The van der Waals surface area contributed by atoms with E-state index in [0.29, 0.717) is 23.3 Å². The number of Topliss-reactive ketones (excluding diaryl/α,β-unsaturated/α-hetero) is 1. The van der Waals surface area contributed by atoms with Crippen LogP contribution in [0.4, 0.5) is 5.69 Å². The third-order valence-corrected chi connectivity index (χ3v) is 5.50. The second-order valence-corrected chi connectivity index (χ2v) is 7.54. The van der Waals surface area contributed by atoms with E-state index in [1.165, 1.54) is 45.2 Å². The zero-order valence-corrected chi connectivity index (χ0v) is 18.8. The van der Waals surface area contributed by atoms with Gasteiger partial charge in [-0.15, -0.1) is 0 Å². The van der Waals surface area contributed by atoms with E-state index in [9.17, 15) is 24.0 Å². The van der Waals surface area contributed by atoms with Crippen LogP contribution in [0.3, 0.4) is 0 Å². The van der Waals surface area contributed by atoms with Gasteiger partial charge in [0.1, 0.15) is 12.1 Å². The second kappa shape index (κ2) is 9.64. The molecule has 0 spiro atoms. The average molecular weight is 452 g/mol. The van der Waals surface area contributed by atoms with E-state index in [0.717, 1.165) is 4.90 Å². The minimum Gasteiger partial charge on any atom is -0.493 e. The number of nitrogens with zero attached hydrogens (tertiary/aromatic N) is 2. The predicted octanol–water partition coefficient (Wildman–Crippen LogP) is 2.57. The molecule has 172 valence electrons. The van der Waals surface area contributed by atoms with Crippen LogP contribution in [-0.2, 0) is 14.4 Å². The molecule has 1 aliphatic rings. The maximum absolute atomic E-state index is 13.5. The third-order valence-electron chi connectivity index (χ3n) is 5.50. The van der Waals surface area contributed by atoms with Crippen LogP contribution < -0.4 is 14.4 Å². The molecule has 3 amide bonds. The molecule has 0 fully saturated rings. The van der Waals surface area contributed by atoms with Gasteiger partial charge in [-0.25, -0.2) is 0 Å². The van der Waals surface area contributed by atoms with E-state index in [1.807, 2.05) is 0 Å². The number of fused-ring (bicyclic) bond motifs is 1. The monoisotopic (exact) mass is 452 g/mol. The zero-order chi connectivity index (χ0) is 24.3. The molecule has 2 aromatic carbocycles. The number of carbonyl (C=O) groups is 5. The highest BCUT2D eigenvalue weighted by atomic mass is 16.5. The lowest BCUT2D eigenvalue weighted by Crippen LogP contribution is -2.35. The minimum absolute atomic E-state index is 0.0540. The molecule has 9 nitrogen and oxygen atoms in total. The predicted molar refractivity (Wildman–Crippen MR) is 119 cm³/mol. The molecule has 0 aliphatic carbocycles. The van der Waals surface area contributed by atoms with Crippen molar-refractivity contribution in [3.63, 3.8) is 0 Å². The summed E-state index contributed by atoms with van der Waals surface area (Å²) in [5, 5.41) is 0. The van der Waals surface area contributed by atoms with Crippen molar-refractivity contribution in [1.29, 1.82) is 0 Å². The van der Waals surface area contributed by atoms with E-state index in [1.54, 1.807) is 24.3 Å². The summed E-state index contributed by atoms with van der Waals surface area (Å²) in [5.41, 5.74) is 0.911. The Hall–Kier alpha value is -4.01. The highest BCUT2D eigenvalue weighted by molar-refractivity contribution is 6.25. The summed E-state index contributed by atoms with van der Waals surface area (Å²) in [4.78, 5) is 64.2. The molecule has 1 unspecified atom stereocenters. The van der Waals surface area contributed by atoms with Crippen molar-refractivity contribution in [1.82, 2.24) is 4.90 Å². The van der Waals surface area contributed by atoms with Crippen LogP contribution in [0.2, 0.25) is 0 Å². The van der Waals surface area contributed by atoms with E-state index in [-0.39, 0.29) is 35.4 Å². The molecule has 0 saturated carbocycles. The van der Waals surface area contributed by atoms with Crippen LogP contribution in [0.5, 0.6) is 11.5 Å². The summed E-state index contributed by atoms with van der Waals surface area (Å²) in [6.07, 6.45) is 0.0159. The fourth-order valence-electron chi connectivity index (χ4n) is 3.88.